The molecule has 0 saturated carbocycles. The summed E-state index contributed by atoms with van der Waals surface area (Å²) in [5.41, 5.74) is 8.07. The van der Waals surface area contributed by atoms with Gasteiger partial charge < -0.3 is 21.3 Å². The molecule has 1 amide bonds. The van der Waals surface area contributed by atoms with Gasteiger partial charge in [0.05, 0.1) is 12.2 Å². The number of anilines is 2. The number of amides is 1. The third-order valence-corrected chi connectivity index (χ3v) is 3.74. The third-order valence-electron chi connectivity index (χ3n) is 3.74. The molecule has 1 aliphatic heterocycles. The van der Waals surface area contributed by atoms with E-state index in [0.717, 1.165) is 11.3 Å². The van der Waals surface area contributed by atoms with E-state index in [2.05, 4.69) is 5.32 Å². The number of hydrogen-bond donors (Lipinski definition) is 4. The van der Waals surface area contributed by atoms with Gasteiger partial charge in [-0.15, -0.1) is 0 Å². The van der Waals surface area contributed by atoms with Crippen LogP contribution in [-0.2, 0) is 4.79 Å². The highest BCUT2D eigenvalue weighted by molar-refractivity contribution is 5.91. The van der Waals surface area contributed by atoms with E-state index in [1.165, 1.54) is 0 Å². The fourth-order valence-electron chi connectivity index (χ4n) is 2.53. The summed E-state index contributed by atoms with van der Waals surface area (Å²) >= 11 is 0. The van der Waals surface area contributed by atoms with Crippen LogP contribution in [0.5, 0.6) is 0 Å². The number of benzene rings is 1. The van der Waals surface area contributed by atoms with Crippen LogP contribution in [0, 0.1) is 6.92 Å². The van der Waals surface area contributed by atoms with E-state index in [4.69, 9.17) is 5.73 Å². The maximum atomic E-state index is 11.9. The highest BCUT2D eigenvalue weighted by Crippen LogP contribution is 2.18. The first kappa shape index (κ1) is 15.8. The molecular weight excluding hydrogens is 270 g/mol. The molecule has 0 spiro atoms. The predicted octanol–water partition coefficient (Wildman–Crippen LogP) is 0.333. The highest BCUT2D eigenvalue weighted by Gasteiger charge is 2.28. The molecule has 0 bridgehead atoms. The minimum absolute atomic E-state index is 0.0387. The molecule has 1 aromatic rings. The van der Waals surface area contributed by atoms with Crippen LogP contribution >= 0.6 is 0 Å². The minimum Gasteiger partial charge on any atom is -0.399 e. The van der Waals surface area contributed by atoms with Crippen LogP contribution in [0.1, 0.15) is 18.4 Å². The summed E-state index contributed by atoms with van der Waals surface area (Å²) in [5, 5.41) is 21.8. The number of hydrogen-bond acceptors (Lipinski definition) is 5. The van der Waals surface area contributed by atoms with Crippen LogP contribution in [0.25, 0.3) is 0 Å². The molecule has 0 aromatic heterocycles. The van der Waals surface area contributed by atoms with Crippen molar-refractivity contribution >= 4 is 17.3 Å². The van der Waals surface area contributed by atoms with Gasteiger partial charge in [-0.25, -0.2) is 0 Å². The van der Waals surface area contributed by atoms with Gasteiger partial charge in [-0.2, -0.15) is 0 Å². The van der Waals surface area contributed by atoms with E-state index >= 15 is 0 Å². The molecule has 2 rings (SSSR count). The van der Waals surface area contributed by atoms with Gasteiger partial charge in [0.1, 0.15) is 0 Å². The molecule has 5 N–H and O–H groups in total. The van der Waals surface area contributed by atoms with Crippen LogP contribution in [0.3, 0.4) is 0 Å². The number of aliphatic hydroxyl groups is 2. The number of likely N-dealkylation sites (tertiary alicyclic amines) is 1. The SMILES string of the molecule is Cc1cc(N)ccc1NC(=O)CCCN1CC(O)C(O)C1. The largest absolute Gasteiger partial charge is 0.399 e. The van der Waals surface area contributed by atoms with Crippen LogP contribution in [0.2, 0.25) is 0 Å². The molecule has 0 aliphatic carbocycles. The second kappa shape index (κ2) is 6.89. The lowest BCUT2D eigenvalue weighted by molar-refractivity contribution is -0.116. The molecule has 6 nitrogen and oxygen atoms in total. The third kappa shape index (κ3) is 4.42. The summed E-state index contributed by atoms with van der Waals surface area (Å²) in [5.74, 6) is -0.0387. The number of nitrogens with two attached hydrogens (primary N) is 1. The van der Waals surface area contributed by atoms with Gasteiger partial charge in [0.25, 0.3) is 0 Å². The van der Waals surface area contributed by atoms with Crippen molar-refractivity contribution in [2.24, 2.45) is 0 Å². The van der Waals surface area contributed by atoms with E-state index in [0.29, 0.717) is 38.2 Å². The molecule has 2 atom stereocenters. The summed E-state index contributed by atoms with van der Waals surface area (Å²) in [6.07, 6.45) is -0.237. The van der Waals surface area contributed by atoms with Crippen LogP contribution in [0.4, 0.5) is 11.4 Å². The Morgan fingerprint density at radius 2 is 2.05 bits per heavy atom. The summed E-state index contributed by atoms with van der Waals surface area (Å²) in [4.78, 5) is 13.9. The zero-order valence-electron chi connectivity index (χ0n) is 12.2. The Labute approximate surface area is 124 Å². The second-order valence-corrected chi connectivity index (χ2v) is 5.62. The zero-order valence-corrected chi connectivity index (χ0v) is 12.2. The van der Waals surface area contributed by atoms with Gasteiger partial charge in [0.15, 0.2) is 0 Å². The van der Waals surface area contributed by atoms with E-state index < -0.39 is 12.2 Å². The number of nitrogens with one attached hydrogen (secondary N) is 1. The van der Waals surface area contributed by atoms with Crippen molar-refractivity contribution in [3.8, 4) is 0 Å². The highest BCUT2D eigenvalue weighted by atomic mass is 16.3. The first-order valence-electron chi connectivity index (χ1n) is 7.20. The summed E-state index contributed by atoms with van der Waals surface area (Å²) < 4.78 is 0. The fraction of sp³-hybridized carbons (Fsp3) is 0.533. The molecule has 1 aromatic carbocycles. The molecule has 21 heavy (non-hydrogen) atoms. The minimum atomic E-state index is -0.670. The Bertz CT molecular complexity index is 497. The molecule has 1 saturated heterocycles. The van der Waals surface area contributed by atoms with Crippen LogP contribution < -0.4 is 11.1 Å². The lowest BCUT2D eigenvalue weighted by atomic mass is 10.1. The number of β-amino-alcohol motifs (C(OH)–C–C–N with tert-alkyl or cyclic N) is 2. The number of carbonyl (C=O) groups excluding carboxylic acids is 1. The van der Waals surface area contributed by atoms with Crippen molar-refractivity contribution in [1.29, 1.82) is 0 Å². The normalized spacial score (nSPS) is 22.4. The molecular formula is C15H23N3O3. The molecule has 6 heteroatoms. The number of nitrogens with zero attached hydrogens (tertiary/aromatic N) is 1. The van der Waals surface area contributed by atoms with Crippen molar-refractivity contribution in [2.75, 3.05) is 30.7 Å². The van der Waals surface area contributed by atoms with Crippen molar-refractivity contribution in [3.63, 3.8) is 0 Å². The molecule has 1 fully saturated rings. The van der Waals surface area contributed by atoms with E-state index in [1.807, 2.05) is 17.9 Å². The number of rotatable bonds is 5. The van der Waals surface area contributed by atoms with Crippen molar-refractivity contribution < 1.29 is 15.0 Å². The topological polar surface area (TPSA) is 98.8 Å². The Morgan fingerprint density at radius 1 is 1.38 bits per heavy atom. The number of aryl methyl sites for hydroxylation is 1. The monoisotopic (exact) mass is 293 g/mol. The number of aliphatic hydroxyl groups excluding tert-OH is 2. The molecule has 1 heterocycles. The maximum absolute atomic E-state index is 11.9. The van der Waals surface area contributed by atoms with Gasteiger partial charge in [-0.1, -0.05) is 0 Å². The zero-order chi connectivity index (χ0) is 15.4. The lowest BCUT2D eigenvalue weighted by Gasteiger charge is -2.14. The van der Waals surface area contributed by atoms with E-state index in [1.54, 1.807) is 12.1 Å². The van der Waals surface area contributed by atoms with E-state index in [9.17, 15) is 15.0 Å². The maximum Gasteiger partial charge on any atom is 0.224 e. The first-order chi connectivity index (χ1) is 9.95. The Hall–Kier alpha value is -1.63. The first-order valence-corrected chi connectivity index (χ1v) is 7.20. The number of carbonyl (C=O) groups is 1. The van der Waals surface area contributed by atoms with Gasteiger partial charge in [0.2, 0.25) is 5.91 Å². The van der Waals surface area contributed by atoms with Gasteiger partial charge in [0, 0.05) is 30.9 Å². The van der Waals surface area contributed by atoms with Crippen LogP contribution in [-0.4, -0.2) is 52.9 Å². The standard InChI is InChI=1S/C15H23N3O3/c1-10-7-11(16)4-5-12(10)17-15(21)3-2-6-18-8-13(19)14(20)9-18/h4-5,7,13-14,19-20H,2-3,6,8-9,16H2,1H3,(H,17,21). The second-order valence-electron chi connectivity index (χ2n) is 5.62. The van der Waals surface area contributed by atoms with Gasteiger partial charge in [-0.05, 0) is 43.7 Å². The molecule has 1 aliphatic rings. The lowest BCUT2D eigenvalue weighted by Crippen LogP contribution is -2.24. The molecule has 0 radical (unpaired) electrons. The van der Waals surface area contributed by atoms with Crippen molar-refractivity contribution in [3.05, 3.63) is 23.8 Å². The molecule has 116 valence electrons. The van der Waals surface area contributed by atoms with E-state index in [-0.39, 0.29) is 5.91 Å². The Kier molecular flexibility index (Phi) is 5.17. The smallest absolute Gasteiger partial charge is 0.224 e. The van der Waals surface area contributed by atoms with Crippen LogP contribution in [0.15, 0.2) is 18.2 Å². The Balaban J connectivity index is 1.73. The quantitative estimate of drug-likeness (QED) is 0.587. The molecule has 2 unspecified atom stereocenters. The summed E-state index contributed by atoms with van der Waals surface area (Å²) in [7, 11) is 0. The van der Waals surface area contributed by atoms with Gasteiger partial charge >= 0.3 is 0 Å². The van der Waals surface area contributed by atoms with Crippen molar-refractivity contribution in [1.82, 2.24) is 4.90 Å². The number of nitrogen functional groups attached to an aromatic ring is 1. The average Bonchev–Trinajstić information content (AvgIpc) is 2.72. The average molecular weight is 293 g/mol. The summed E-state index contributed by atoms with van der Waals surface area (Å²) in [6.45, 7) is 3.54. The van der Waals surface area contributed by atoms with Crippen molar-refractivity contribution in [2.45, 2.75) is 32.0 Å². The summed E-state index contributed by atoms with van der Waals surface area (Å²) in [6, 6.07) is 5.38. The van der Waals surface area contributed by atoms with Gasteiger partial charge in [-0.3, -0.25) is 9.69 Å². The Morgan fingerprint density at radius 3 is 2.67 bits per heavy atom. The predicted molar refractivity (Wildman–Crippen MR) is 81.9 cm³/mol. The fourth-order valence-corrected chi connectivity index (χ4v) is 2.53.